The largest absolute Gasteiger partial charge is 0.478 e. The van der Waals surface area contributed by atoms with Gasteiger partial charge in [-0.3, -0.25) is 0 Å². The number of thiazole rings is 1. The number of carboxylic acid groups (broad SMARTS) is 1. The molecule has 0 atom stereocenters. The molecule has 1 N–H and O–H groups in total. The van der Waals surface area contributed by atoms with Crippen molar-refractivity contribution in [1.29, 1.82) is 0 Å². The van der Waals surface area contributed by atoms with Crippen molar-refractivity contribution in [2.75, 3.05) is 19.0 Å². The third-order valence-electron chi connectivity index (χ3n) is 3.85. The number of hydrogen-bond donors (Lipinski definition) is 1. The molecule has 4 rings (SSSR count). The molecular formula is C17H14N6O2S2. The highest BCUT2D eigenvalue weighted by atomic mass is 32.2. The first-order valence-electron chi connectivity index (χ1n) is 7.89. The van der Waals surface area contributed by atoms with Crippen molar-refractivity contribution >= 4 is 45.0 Å². The Morgan fingerprint density at radius 2 is 1.96 bits per heavy atom. The smallest absolute Gasteiger partial charge is 0.335 e. The molecule has 0 saturated carbocycles. The molecular weight excluding hydrogens is 384 g/mol. The van der Waals surface area contributed by atoms with Crippen molar-refractivity contribution in [3.8, 4) is 5.69 Å². The fourth-order valence-electron chi connectivity index (χ4n) is 2.45. The van der Waals surface area contributed by atoms with E-state index in [0.717, 1.165) is 25.9 Å². The number of aromatic nitrogens is 5. The third kappa shape index (κ3) is 3.49. The van der Waals surface area contributed by atoms with Crippen LogP contribution in [0, 0.1) is 0 Å². The Morgan fingerprint density at radius 1 is 1.19 bits per heavy atom. The van der Waals surface area contributed by atoms with Gasteiger partial charge in [-0.15, -0.1) is 16.4 Å². The Balaban J connectivity index is 1.63. The summed E-state index contributed by atoms with van der Waals surface area (Å²) in [6.07, 6.45) is 0. The Labute approximate surface area is 162 Å². The van der Waals surface area contributed by atoms with Crippen LogP contribution in [0.1, 0.15) is 10.4 Å². The van der Waals surface area contributed by atoms with Gasteiger partial charge in [-0.2, -0.15) is 4.68 Å². The number of carboxylic acids is 1. The van der Waals surface area contributed by atoms with Crippen LogP contribution < -0.4 is 4.90 Å². The lowest BCUT2D eigenvalue weighted by molar-refractivity contribution is 0.0697. The second-order valence-corrected chi connectivity index (χ2v) is 8.10. The predicted molar refractivity (Wildman–Crippen MR) is 104 cm³/mol. The van der Waals surface area contributed by atoms with Crippen LogP contribution in [0.15, 0.2) is 52.0 Å². The number of fused-ring (bicyclic) bond motifs is 1. The first kappa shape index (κ1) is 17.4. The van der Waals surface area contributed by atoms with Crippen molar-refractivity contribution in [1.82, 2.24) is 25.2 Å². The van der Waals surface area contributed by atoms with E-state index in [0.29, 0.717) is 5.16 Å². The van der Waals surface area contributed by atoms with E-state index in [1.54, 1.807) is 22.9 Å². The fraction of sp³-hybridized carbons (Fsp3) is 0.118. The second-order valence-electron chi connectivity index (χ2n) is 5.85. The van der Waals surface area contributed by atoms with E-state index in [-0.39, 0.29) is 5.56 Å². The van der Waals surface area contributed by atoms with Gasteiger partial charge in [0, 0.05) is 19.8 Å². The van der Waals surface area contributed by atoms with E-state index >= 15 is 0 Å². The molecule has 8 nitrogen and oxygen atoms in total. The standard InChI is InChI=1S/C17H14N6O2S2/c1-22(2)11-4-6-12(7-5-11)23-16(19-20-21-23)27-17-18-13-8-3-10(15(24)25)9-14(13)26-17/h3-9H,1-2H3,(H,24,25). The molecule has 2 aromatic heterocycles. The summed E-state index contributed by atoms with van der Waals surface area (Å²) < 4.78 is 3.21. The van der Waals surface area contributed by atoms with Crippen LogP contribution in [0.5, 0.6) is 0 Å². The first-order chi connectivity index (χ1) is 13.0. The Hall–Kier alpha value is -2.98. The monoisotopic (exact) mass is 398 g/mol. The molecule has 27 heavy (non-hydrogen) atoms. The quantitative estimate of drug-likeness (QED) is 0.547. The SMILES string of the molecule is CN(C)c1ccc(-n2nnnc2Sc2nc3ccc(C(=O)O)cc3s2)cc1. The molecule has 0 fully saturated rings. The third-order valence-corrected chi connectivity index (χ3v) is 5.86. The van der Waals surface area contributed by atoms with Crippen molar-refractivity contribution < 1.29 is 9.90 Å². The molecule has 2 aromatic carbocycles. The fourth-order valence-corrected chi connectivity index (χ4v) is 4.46. The van der Waals surface area contributed by atoms with Gasteiger partial charge in [-0.25, -0.2) is 9.78 Å². The van der Waals surface area contributed by atoms with Gasteiger partial charge in [0.2, 0.25) is 5.16 Å². The predicted octanol–water partition coefficient (Wildman–Crippen LogP) is 3.19. The normalized spacial score (nSPS) is 11.0. The molecule has 0 aliphatic rings. The number of carbonyl (C=O) groups is 1. The van der Waals surface area contributed by atoms with Crippen molar-refractivity contribution in [2.45, 2.75) is 9.50 Å². The molecule has 0 amide bonds. The van der Waals surface area contributed by atoms with E-state index in [2.05, 4.69) is 20.5 Å². The maximum Gasteiger partial charge on any atom is 0.335 e. The highest BCUT2D eigenvalue weighted by Gasteiger charge is 2.14. The van der Waals surface area contributed by atoms with E-state index in [9.17, 15) is 4.79 Å². The number of tetrazole rings is 1. The van der Waals surface area contributed by atoms with Crippen LogP contribution >= 0.6 is 23.1 Å². The van der Waals surface area contributed by atoms with Gasteiger partial charge in [0.15, 0.2) is 4.34 Å². The highest BCUT2D eigenvalue weighted by Crippen LogP contribution is 2.34. The van der Waals surface area contributed by atoms with Gasteiger partial charge in [0.1, 0.15) is 0 Å². The molecule has 0 radical (unpaired) electrons. The maximum atomic E-state index is 11.1. The molecule has 136 valence electrons. The van der Waals surface area contributed by atoms with Crippen molar-refractivity contribution in [2.24, 2.45) is 0 Å². The zero-order valence-corrected chi connectivity index (χ0v) is 16.0. The lowest BCUT2D eigenvalue weighted by Gasteiger charge is -2.12. The van der Waals surface area contributed by atoms with Crippen LogP contribution in [0.3, 0.4) is 0 Å². The van der Waals surface area contributed by atoms with E-state index < -0.39 is 5.97 Å². The number of aromatic carboxylic acids is 1. The topological polar surface area (TPSA) is 97.0 Å². The van der Waals surface area contributed by atoms with E-state index in [4.69, 9.17) is 5.11 Å². The molecule has 0 unspecified atom stereocenters. The summed E-state index contributed by atoms with van der Waals surface area (Å²) in [6.45, 7) is 0. The average molecular weight is 398 g/mol. The summed E-state index contributed by atoms with van der Waals surface area (Å²) in [5.41, 5.74) is 2.93. The second kappa shape index (κ2) is 6.97. The number of nitrogens with zero attached hydrogens (tertiary/aromatic N) is 6. The van der Waals surface area contributed by atoms with Crippen molar-refractivity contribution in [3.05, 3.63) is 48.0 Å². The van der Waals surface area contributed by atoms with E-state index in [1.807, 2.05) is 43.3 Å². The Bertz CT molecular complexity index is 1120. The molecule has 4 aromatic rings. The molecule has 0 saturated heterocycles. The summed E-state index contributed by atoms with van der Waals surface area (Å²) in [7, 11) is 3.96. The lowest BCUT2D eigenvalue weighted by Crippen LogP contribution is -2.08. The minimum Gasteiger partial charge on any atom is -0.478 e. The molecule has 0 aliphatic heterocycles. The van der Waals surface area contributed by atoms with Crippen LogP contribution in [0.4, 0.5) is 5.69 Å². The van der Waals surface area contributed by atoms with Crippen LogP contribution in [-0.2, 0) is 0 Å². The zero-order chi connectivity index (χ0) is 19.0. The number of benzene rings is 2. The van der Waals surface area contributed by atoms with Gasteiger partial charge in [0.25, 0.3) is 0 Å². The Kier molecular flexibility index (Phi) is 4.50. The minimum atomic E-state index is -0.954. The van der Waals surface area contributed by atoms with Crippen LogP contribution in [0.25, 0.3) is 15.9 Å². The number of hydrogen-bond acceptors (Lipinski definition) is 8. The summed E-state index contributed by atoms with van der Waals surface area (Å²) in [5.74, 6) is -0.954. The number of anilines is 1. The molecule has 0 aliphatic carbocycles. The van der Waals surface area contributed by atoms with Crippen LogP contribution in [-0.4, -0.2) is 50.4 Å². The highest BCUT2D eigenvalue weighted by molar-refractivity contribution is 8.01. The average Bonchev–Trinajstić information content (AvgIpc) is 3.27. The van der Waals surface area contributed by atoms with Crippen molar-refractivity contribution in [3.63, 3.8) is 0 Å². The summed E-state index contributed by atoms with van der Waals surface area (Å²) in [5, 5.41) is 21.6. The Morgan fingerprint density at radius 3 is 2.67 bits per heavy atom. The summed E-state index contributed by atoms with van der Waals surface area (Å²) in [6, 6.07) is 12.8. The summed E-state index contributed by atoms with van der Waals surface area (Å²) in [4.78, 5) is 17.7. The van der Waals surface area contributed by atoms with Crippen LogP contribution in [0.2, 0.25) is 0 Å². The van der Waals surface area contributed by atoms with Gasteiger partial charge in [-0.05, 0) is 64.7 Å². The first-order valence-corrected chi connectivity index (χ1v) is 9.52. The minimum absolute atomic E-state index is 0.244. The summed E-state index contributed by atoms with van der Waals surface area (Å²) >= 11 is 2.75. The maximum absolute atomic E-state index is 11.1. The zero-order valence-electron chi connectivity index (χ0n) is 14.4. The van der Waals surface area contributed by atoms with Gasteiger partial charge < -0.3 is 10.0 Å². The molecule has 0 bridgehead atoms. The lowest BCUT2D eigenvalue weighted by atomic mass is 10.2. The van der Waals surface area contributed by atoms with Gasteiger partial charge >= 0.3 is 5.97 Å². The number of rotatable bonds is 5. The van der Waals surface area contributed by atoms with Gasteiger partial charge in [-0.1, -0.05) is 0 Å². The van der Waals surface area contributed by atoms with Gasteiger partial charge in [0.05, 0.1) is 21.5 Å². The van der Waals surface area contributed by atoms with E-state index in [1.165, 1.54) is 23.1 Å². The molecule has 2 heterocycles. The molecule has 0 spiro atoms. The molecule has 10 heteroatoms.